The molecule has 0 saturated carbocycles. The minimum Gasteiger partial charge on any atom is -0.469 e. The van der Waals surface area contributed by atoms with E-state index in [9.17, 15) is 4.79 Å². The Balaban J connectivity index is 1.54. The molecule has 0 amide bonds. The Morgan fingerprint density at radius 2 is 2.29 bits per heavy atom. The maximum absolute atomic E-state index is 11.3. The summed E-state index contributed by atoms with van der Waals surface area (Å²) in [6, 6.07) is 4.30. The SMILES string of the molecule is COC(=O)CC1CCN(Cc2cnc3ccsc3c2)CC1. The van der Waals surface area contributed by atoms with Crippen LogP contribution in [0.2, 0.25) is 0 Å². The number of aromatic nitrogens is 1. The van der Waals surface area contributed by atoms with Gasteiger partial charge in [-0.25, -0.2) is 0 Å². The number of methoxy groups -OCH3 is 1. The van der Waals surface area contributed by atoms with Crippen molar-refractivity contribution in [3.63, 3.8) is 0 Å². The van der Waals surface area contributed by atoms with E-state index >= 15 is 0 Å². The number of carbonyl (C=O) groups is 1. The quantitative estimate of drug-likeness (QED) is 0.814. The highest BCUT2D eigenvalue weighted by atomic mass is 32.1. The number of hydrogen-bond donors (Lipinski definition) is 0. The van der Waals surface area contributed by atoms with E-state index in [0.717, 1.165) is 38.0 Å². The summed E-state index contributed by atoms with van der Waals surface area (Å²) in [5, 5.41) is 2.08. The Morgan fingerprint density at radius 3 is 3.05 bits per heavy atom. The van der Waals surface area contributed by atoms with Crippen LogP contribution in [0.5, 0.6) is 0 Å². The number of fused-ring (bicyclic) bond motifs is 1. The summed E-state index contributed by atoms with van der Waals surface area (Å²) < 4.78 is 6.01. The summed E-state index contributed by atoms with van der Waals surface area (Å²) in [5.74, 6) is 0.396. The van der Waals surface area contributed by atoms with E-state index < -0.39 is 0 Å². The van der Waals surface area contributed by atoms with E-state index in [2.05, 4.69) is 27.4 Å². The average molecular weight is 304 g/mol. The summed E-state index contributed by atoms with van der Waals surface area (Å²) in [5.41, 5.74) is 2.36. The summed E-state index contributed by atoms with van der Waals surface area (Å²) in [4.78, 5) is 18.3. The third kappa shape index (κ3) is 3.60. The van der Waals surface area contributed by atoms with E-state index in [1.54, 1.807) is 11.3 Å². The molecular weight excluding hydrogens is 284 g/mol. The summed E-state index contributed by atoms with van der Waals surface area (Å²) in [6.45, 7) is 3.04. The fraction of sp³-hybridized carbons (Fsp3) is 0.500. The zero-order chi connectivity index (χ0) is 14.7. The van der Waals surface area contributed by atoms with Gasteiger partial charge in [-0.05, 0) is 54.9 Å². The first-order valence-corrected chi connectivity index (χ1v) is 8.24. The standard InChI is InChI=1S/C16H20N2O2S/c1-20-16(19)9-12-2-5-18(6-3-12)11-13-8-15-14(17-10-13)4-7-21-15/h4,7-8,10,12H,2-3,5-6,9,11H2,1H3. The molecule has 21 heavy (non-hydrogen) atoms. The van der Waals surface area contributed by atoms with Gasteiger partial charge in [0.2, 0.25) is 0 Å². The van der Waals surface area contributed by atoms with Crippen molar-refractivity contribution in [1.29, 1.82) is 0 Å². The Morgan fingerprint density at radius 1 is 1.48 bits per heavy atom. The van der Waals surface area contributed by atoms with Crippen LogP contribution in [0.15, 0.2) is 23.7 Å². The van der Waals surface area contributed by atoms with Gasteiger partial charge in [-0.3, -0.25) is 14.7 Å². The third-order valence-corrected chi connectivity index (χ3v) is 5.01. The molecule has 0 N–H and O–H groups in total. The number of esters is 1. The molecule has 0 spiro atoms. The number of hydrogen-bond acceptors (Lipinski definition) is 5. The molecule has 4 nitrogen and oxygen atoms in total. The predicted molar refractivity (Wildman–Crippen MR) is 84.3 cm³/mol. The highest BCUT2D eigenvalue weighted by Gasteiger charge is 2.21. The van der Waals surface area contributed by atoms with E-state index in [0.29, 0.717) is 12.3 Å². The smallest absolute Gasteiger partial charge is 0.305 e. The van der Waals surface area contributed by atoms with Crippen LogP contribution in [0, 0.1) is 5.92 Å². The first-order valence-electron chi connectivity index (χ1n) is 7.36. The van der Waals surface area contributed by atoms with E-state index in [-0.39, 0.29) is 5.97 Å². The maximum Gasteiger partial charge on any atom is 0.305 e. The number of pyridine rings is 1. The van der Waals surface area contributed by atoms with Crippen molar-refractivity contribution in [2.24, 2.45) is 5.92 Å². The second kappa shape index (κ2) is 6.54. The number of ether oxygens (including phenoxy) is 1. The van der Waals surface area contributed by atoms with E-state index in [1.807, 2.05) is 6.20 Å². The second-order valence-electron chi connectivity index (χ2n) is 5.65. The van der Waals surface area contributed by atoms with Crippen LogP contribution in [0.4, 0.5) is 0 Å². The molecular formula is C16H20N2O2S. The van der Waals surface area contributed by atoms with Gasteiger partial charge in [-0.2, -0.15) is 0 Å². The minimum atomic E-state index is -0.0826. The Kier molecular flexibility index (Phi) is 4.51. The normalized spacial score (nSPS) is 17.2. The van der Waals surface area contributed by atoms with Crippen LogP contribution in [-0.4, -0.2) is 36.1 Å². The monoisotopic (exact) mass is 304 g/mol. The van der Waals surface area contributed by atoms with Crippen molar-refractivity contribution in [2.45, 2.75) is 25.8 Å². The topological polar surface area (TPSA) is 42.4 Å². The summed E-state index contributed by atoms with van der Waals surface area (Å²) in [6.07, 6.45) is 4.69. The number of likely N-dealkylation sites (tertiary alicyclic amines) is 1. The lowest BCUT2D eigenvalue weighted by molar-refractivity contribution is -0.142. The molecule has 0 aromatic carbocycles. The number of piperidine rings is 1. The van der Waals surface area contributed by atoms with Crippen molar-refractivity contribution in [2.75, 3.05) is 20.2 Å². The molecule has 3 rings (SSSR count). The lowest BCUT2D eigenvalue weighted by Crippen LogP contribution is -2.34. The van der Waals surface area contributed by atoms with E-state index in [1.165, 1.54) is 17.4 Å². The maximum atomic E-state index is 11.3. The van der Waals surface area contributed by atoms with Gasteiger partial charge in [0.25, 0.3) is 0 Å². The first-order chi connectivity index (χ1) is 10.2. The van der Waals surface area contributed by atoms with Crippen LogP contribution < -0.4 is 0 Å². The predicted octanol–water partition coefficient (Wildman–Crippen LogP) is 3.07. The number of nitrogens with zero attached hydrogens (tertiary/aromatic N) is 2. The Bertz CT molecular complexity index is 618. The van der Waals surface area contributed by atoms with Crippen molar-refractivity contribution in [3.05, 3.63) is 29.3 Å². The lowest BCUT2D eigenvalue weighted by atomic mass is 9.93. The molecule has 0 atom stereocenters. The molecule has 0 unspecified atom stereocenters. The second-order valence-corrected chi connectivity index (χ2v) is 6.60. The molecule has 1 saturated heterocycles. The molecule has 0 aliphatic carbocycles. The van der Waals surface area contributed by atoms with Crippen molar-refractivity contribution in [1.82, 2.24) is 9.88 Å². The van der Waals surface area contributed by atoms with Gasteiger partial charge in [0.1, 0.15) is 0 Å². The Labute approximate surface area is 128 Å². The van der Waals surface area contributed by atoms with Crippen molar-refractivity contribution in [3.8, 4) is 0 Å². The molecule has 0 bridgehead atoms. The highest BCUT2D eigenvalue weighted by molar-refractivity contribution is 7.17. The summed E-state index contributed by atoms with van der Waals surface area (Å²) >= 11 is 1.74. The average Bonchev–Trinajstić information content (AvgIpc) is 2.96. The minimum absolute atomic E-state index is 0.0826. The fourth-order valence-corrected chi connectivity index (χ4v) is 3.70. The van der Waals surface area contributed by atoms with Crippen molar-refractivity contribution < 1.29 is 9.53 Å². The van der Waals surface area contributed by atoms with Gasteiger partial charge < -0.3 is 4.74 Å². The third-order valence-electron chi connectivity index (χ3n) is 4.16. The van der Waals surface area contributed by atoms with Gasteiger partial charge >= 0.3 is 5.97 Å². The van der Waals surface area contributed by atoms with Gasteiger partial charge in [-0.1, -0.05) is 0 Å². The molecule has 1 aliphatic rings. The molecule has 112 valence electrons. The number of thiophene rings is 1. The molecule has 1 aliphatic heterocycles. The summed E-state index contributed by atoms with van der Waals surface area (Å²) in [7, 11) is 1.46. The number of carbonyl (C=O) groups excluding carboxylic acids is 1. The molecule has 3 heterocycles. The lowest BCUT2D eigenvalue weighted by Gasteiger charge is -2.31. The van der Waals surface area contributed by atoms with Crippen LogP contribution in [0.25, 0.3) is 10.2 Å². The van der Waals surface area contributed by atoms with Crippen molar-refractivity contribution >= 4 is 27.5 Å². The zero-order valence-corrected chi connectivity index (χ0v) is 13.1. The fourth-order valence-electron chi connectivity index (χ4n) is 2.90. The van der Waals surface area contributed by atoms with Gasteiger partial charge in [0.05, 0.1) is 17.3 Å². The van der Waals surface area contributed by atoms with Gasteiger partial charge in [0, 0.05) is 19.2 Å². The van der Waals surface area contributed by atoms with Crippen LogP contribution in [0.1, 0.15) is 24.8 Å². The van der Waals surface area contributed by atoms with Crippen LogP contribution >= 0.6 is 11.3 Å². The van der Waals surface area contributed by atoms with E-state index in [4.69, 9.17) is 4.74 Å². The van der Waals surface area contributed by atoms with Gasteiger partial charge in [-0.15, -0.1) is 11.3 Å². The largest absolute Gasteiger partial charge is 0.469 e. The molecule has 2 aromatic heterocycles. The molecule has 0 radical (unpaired) electrons. The highest BCUT2D eigenvalue weighted by Crippen LogP contribution is 2.24. The van der Waals surface area contributed by atoms with Gasteiger partial charge in [0.15, 0.2) is 0 Å². The van der Waals surface area contributed by atoms with Crippen LogP contribution in [0.3, 0.4) is 0 Å². The molecule has 2 aromatic rings. The zero-order valence-electron chi connectivity index (χ0n) is 12.2. The number of rotatable bonds is 4. The molecule has 1 fully saturated rings. The first kappa shape index (κ1) is 14.5. The Hall–Kier alpha value is -1.46. The molecule has 5 heteroatoms. The van der Waals surface area contributed by atoms with Crippen LogP contribution in [-0.2, 0) is 16.1 Å².